The van der Waals surface area contributed by atoms with Crippen molar-refractivity contribution in [3.8, 4) is 0 Å². The second-order valence-electron chi connectivity index (χ2n) is 6.26. The summed E-state index contributed by atoms with van der Waals surface area (Å²) in [5, 5.41) is 3.62. The molecule has 0 saturated heterocycles. The minimum Gasteiger partial charge on any atom is -0.383 e. The Morgan fingerprint density at radius 2 is 1.96 bits per heavy atom. The number of benzene rings is 1. The van der Waals surface area contributed by atoms with Crippen LogP contribution in [-0.4, -0.2) is 49.2 Å². The number of rotatable bonds is 11. The zero-order valence-electron chi connectivity index (χ0n) is 17.2. The number of aromatic nitrogens is 2. The third kappa shape index (κ3) is 6.49. The fraction of sp³-hybridized carbons (Fsp3) is 0.476. The van der Waals surface area contributed by atoms with Gasteiger partial charge in [0.25, 0.3) is 5.91 Å². The average molecular weight is 403 g/mol. The Hall–Kier alpha value is -2.12. The summed E-state index contributed by atoms with van der Waals surface area (Å²) in [6, 6.07) is 9.74. The largest absolute Gasteiger partial charge is 0.383 e. The molecular weight excluding hydrogens is 372 g/mol. The van der Waals surface area contributed by atoms with Crippen molar-refractivity contribution >= 4 is 23.5 Å². The maximum atomic E-state index is 12.2. The van der Waals surface area contributed by atoms with Crippen LogP contribution in [0.3, 0.4) is 0 Å². The first-order chi connectivity index (χ1) is 13.6. The van der Waals surface area contributed by atoms with Crippen molar-refractivity contribution in [2.75, 3.05) is 38.3 Å². The van der Waals surface area contributed by atoms with E-state index in [1.165, 1.54) is 0 Å². The van der Waals surface area contributed by atoms with Crippen LogP contribution in [0, 0.1) is 0 Å². The number of thioether (sulfide) groups is 1. The SMILES string of the molecule is CCc1cc(N(CC)CC)nc(SCc2cccc(C(=O)NCCOC)c2)n1. The van der Waals surface area contributed by atoms with Crippen LogP contribution in [0.1, 0.15) is 42.4 Å². The fourth-order valence-corrected chi connectivity index (χ4v) is 3.55. The molecule has 1 amide bonds. The Bertz CT molecular complexity index is 766. The number of hydrogen-bond acceptors (Lipinski definition) is 6. The molecule has 0 aliphatic rings. The first kappa shape index (κ1) is 22.2. The smallest absolute Gasteiger partial charge is 0.251 e. The standard InChI is InChI=1S/C21H30N4O2S/c1-5-18-14-19(25(6-2)7-3)24-21(23-18)28-15-16-9-8-10-17(13-16)20(26)22-11-12-27-4/h8-10,13-14H,5-7,11-12,15H2,1-4H3,(H,22,26). The van der Waals surface area contributed by atoms with Crippen molar-refractivity contribution < 1.29 is 9.53 Å². The van der Waals surface area contributed by atoms with Crippen molar-refractivity contribution in [2.24, 2.45) is 0 Å². The third-order valence-corrected chi connectivity index (χ3v) is 5.26. The summed E-state index contributed by atoms with van der Waals surface area (Å²) in [5.41, 5.74) is 2.77. The summed E-state index contributed by atoms with van der Waals surface area (Å²) in [6.07, 6.45) is 0.876. The van der Waals surface area contributed by atoms with E-state index in [1.807, 2.05) is 24.3 Å². The first-order valence-electron chi connectivity index (χ1n) is 9.73. The number of anilines is 1. The van der Waals surface area contributed by atoms with Gasteiger partial charge in [0.15, 0.2) is 5.16 Å². The zero-order chi connectivity index (χ0) is 20.4. The van der Waals surface area contributed by atoms with Crippen molar-refractivity contribution in [3.05, 3.63) is 47.2 Å². The first-order valence-corrected chi connectivity index (χ1v) is 10.7. The van der Waals surface area contributed by atoms with E-state index in [0.717, 1.165) is 41.7 Å². The molecule has 152 valence electrons. The normalized spacial score (nSPS) is 10.7. The summed E-state index contributed by atoms with van der Waals surface area (Å²) in [5.74, 6) is 1.60. The van der Waals surface area contributed by atoms with E-state index in [9.17, 15) is 4.79 Å². The van der Waals surface area contributed by atoms with Crippen LogP contribution in [-0.2, 0) is 16.9 Å². The average Bonchev–Trinajstić information content (AvgIpc) is 2.73. The second kappa shape index (κ2) is 11.7. The maximum absolute atomic E-state index is 12.2. The molecule has 7 heteroatoms. The highest BCUT2D eigenvalue weighted by Crippen LogP contribution is 2.23. The topological polar surface area (TPSA) is 67.4 Å². The van der Waals surface area contributed by atoms with Crippen LogP contribution in [0.15, 0.2) is 35.5 Å². The summed E-state index contributed by atoms with van der Waals surface area (Å²) in [7, 11) is 1.62. The number of nitrogens with zero attached hydrogens (tertiary/aromatic N) is 3. The highest BCUT2D eigenvalue weighted by molar-refractivity contribution is 7.98. The molecule has 0 saturated carbocycles. The Kier molecular flexibility index (Phi) is 9.23. The van der Waals surface area contributed by atoms with Gasteiger partial charge in [0.05, 0.1) is 6.61 Å². The van der Waals surface area contributed by atoms with Crippen LogP contribution >= 0.6 is 11.8 Å². The van der Waals surface area contributed by atoms with Gasteiger partial charge in [-0.05, 0) is 38.0 Å². The molecule has 0 atom stereocenters. The van der Waals surface area contributed by atoms with Gasteiger partial charge >= 0.3 is 0 Å². The van der Waals surface area contributed by atoms with Gasteiger partial charge in [0, 0.05) is 49.8 Å². The number of aryl methyl sites for hydroxylation is 1. The summed E-state index contributed by atoms with van der Waals surface area (Å²) < 4.78 is 4.97. The Morgan fingerprint density at radius 3 is 2.64 bits per heavy atom. The van der Waals surface area contributed by atoms with Gasteiger partial charge in [-0.1, -0.05) is 30.8 Å². The van der Waals surface area contributed by atoms with Gasteiger partial charge in [-0.3, -0.25) is 4.79 Å². The third-order valence-electron chi connectivity index (χ3n) is 4.34. The molecule has 0 radical (unpaired) electrons. The molecule has 0 spiro atoms. The molecule has 0 bridgehead atoms. The maximum Gasteiger partial charge on any atom is 0.251 e. The monoisotopic (exact) mass is 402 g/mol. The number of hydrogen-bond donors (Lipinski definition) is 1. The fourth-order valence-electron chi connectivity index (χ4n) is 2.73. The molecule has 0 fully saturated rings. The number of nitrogens with one attached hydrogen (secondary N) is 1. The second-order valence-corrected chi connectivity index (χ2v) is 7.21. The van der Waals surface area contributed by atoms with Crippen molar-refractivity contribution in [2.45, 2.75) is 38.1 Å². The molecular formula is C21H30N4O2S. The molecule has 6 nitrogen and oxygen atoms in total. The van der Waals surface area contributed by atoms with E-state index in [2.05, 4.69) is 42.0 Å². The molecule has 0 aliphatic heterocycles. The van der Waals surface area contributed by atoms with E-state index >= 15 is 0 Å². The lowest BCUT2D eigenvalue weighted by atomic mass is 10.1. The van der Waals surface area contributed by atoms with E-state index in [4.69, 9.17) is 9.72 Å². The van der Waals surface area contributed by atoms with E-state index < -0.39 is 0 Å². The quantitative estimate of drug-likeness (QED) is 0.352. The molecule has 28 heavy (non-hydrogen) atoms. The van der Waals surface area contributed by atoms with Crippen molar-refractivity contribution in [3.63, 3.8) is 0 Å². The molecule has 1 N–H and O–H groups in total. The predicted molar refractivity (Wildman–Crippen MR) is 115 cm³/mol. The Labute approximate surface area is 172 Å². The van der Waals surface area contributed by atoms with Crippen LogP contribution in [0.2, 0.25) is 0 Å². The molecule has 0 unspecified atom stereocenters. The van der Waals surface area contributed by atoms with Gasteiger partial charge in [-0.15, -0.1) is 0 Å². The molecule has 2 aromatic rings. The van der Waals surface area contributed by atoms with Gasteiger partial charge in [0.2, 0.25) is 0 Å². The minimum atomic E-state index is -0.0862. The summed E-state index contributed by atoms with van der Waals surface area (Å²) >= 11 is 1.60. The van der Waals surface area contributed by atoms with Gasteiger partial charge in [0.1, 0.15) is 5.82 Å². The van der Waals surface area contributed by atoms with Crippen molar-refractivity contribution in [1.29, 1.82) is 0 Å². The van der Waals surface area contributed by atoms with Gasteiger partial charge in [-0.2, -0.15) is 0 Å². The Morgan fingerprint density at radius 1 is 1.18 bits per heavy atom. The van der Waals surface area contributed by atoms with Crippen LogP contribution < -0.4 is 10.2 Å². The summed E-state index contributed by atoms with van der Waals surface area (Å²) in [6.45, 7) is 9.21. The van der Waals surface area contributed by atoms with Crippen LogP contribution in [0.25, 0.3) is 0 Å². The molecule has 0 aliphatic carbocycles. The number of methoxy groups -OCH3 is 1. The van der Waals surface area contributed by atoms with Gasteiger partial charge < -0.3 is 15.0 Å². The lowest BCUT2D eigenvalue weighted by Crippen LogP contribution is -2.26. The van der Waals surface area contributed by atoms with E-state index in [0.29, 0.717) is 24.5 Å². The number of carbonyl (C=O) groups is 1. The Balaban J connectivity index is 2.08. The van der Waals surface area contributed by atoms with Gasteiger partial charge in [-0.25, -0.2) is 9.97 Å². The minimum absolute atomic E-state index is 0.0862. The van der Waals surface area contributed by atoms with E-state index in [-0.39, 0.29) is 5.91 Å². The van der Waals surface area contributed by atoms with Crippen molar-refractivity contribution in [1.82, 2.24) is 15.3 Å². The molecule has 2 rings (SSSR count). The lowest BCUT2D eigenvalue weighted by Gasteiger charge is -2.20. The van der Waals surface area contributed by atoms with Crippen LogP contribution in [0.5, 0.6) is 0 Å². The summed E-state index contributed by atoms with van der Waals surface area (Å²) in [4.78, 5) is 23.8. The van der Waals surface area contributed by atoms with E-state index in [1.54, 1.807) is 18.9 Å². The lowest BCUT2D eigenvalue weighted by molar-refractivity contribution is 0.0937. The highest BCUT2D eigenvalue weighted by Gasteiger charge is 2.10. The molecule has 1 aromatic carbocycles. The molecule has 1 aromatic heterocycles. The number of carbonyl (C=O) groups excluding carboxylic acids is 1. The predicted octanol–water partition coefficient (Wildman–Crippen LogP) is 3.55. The highest BCUT2D eigenvalue weighted by atomic mass is 32.2. The van der Waals surface area contributed by atoms with Crippen LogP contribution in [0.4, 0.5) is 5.82 Å². The molecule has 1 heterocycles. The number of amides is 1. The number of ether oxygens (including phenoxy) is 1. The zero-order valence-corrected chi connectivity index (χ0v) is 18.0.